The molecule has 1 atom stereocenters. The van der Waals surface area contributed by atoms with Crippen LogP contribution in [0.5, 0.6) is 0 Å². The van der Waals surface area contributed by atoms with Gasteiger partial charge in [-0.25, -0.2) is 4.98 Å². The Bertz CT molecular complexity index is 464. The molecule has 0 aliphatic rings. The Morgan fingerprint density at radius 3 is 2.75 bits per heavy atom. The van der Waals surface area contributed by atoms with E-state index in [0.717, 1.165) is 16.4 Å². The number of nitrogens with one attached hydrogen (secondary N) is 1. The predicted octanol–water partition coefficient (Wildman–Crippen LogP) is 3.33. The van der Waals surface area contributed by atoms with Crippen molar-refractivity contribution in [2.45, 2.75) is 26.8 Å². The van der Waals surface area contributed by atoms with Crippen LogP contribution < -0.4 is 5.32 Å². The third-order valence-corrected chi connectivity index (χ3v) is 3.63. The molecular weight excluding hydrogens is 218 g/mol. The first-order valence-corrected chi connectivity index (χ1v) is 6.09. The summed E-state index contributed by atoms with van der Waals surface area (Å²) in [6, 6.07) is 4.22. The lowest BCUT2D eigenvalue weighted by atomic mass is 10.2. The molecule has 3 nitrogen and oxygen atoms in total. The fourth-order valence-electron chi connectivity index (χ4n) is 1.71. The minimum absolute atomic E-state index is 0.274. The van der Waals surface area contributed by atoms with E-state index >= 15 is 0 Å². The van der Waals surface area contributed by atoms with Crippen LogP contribution in [0.3, 0.4) is 0 Å². The standard InChI is InChI=1S/C12H15N3S/c1-8-12(16-10(3)14-8)9(2)15-11-5-4-6-13-7-11/h4-7,9,15H,1-3H3. The molecule has 4 heteroatoms. The predicted molar refractivity (Wildman–Crippen MR) is 67.9 cm³/mol. The first-order valence-electron chi connectivity index (χ1n) is 5.27. The molecular formula is C12H15N3S. The van der Waals surface area contributed by atoms with Gasteiger partial charge in [0, 0.05) is 17.3 Å². The summed E-state index contributed by atoms with van der Waals surface area (Å²) in [5.41, 5.74) is 2.16. The number of thiazole rings is 1. The zero-order valence-electron chi connectivity index (χ0n) is 9.69. The van der Waals surface area contributed by atoms with E-state index in [1.165, 1.54) is 4.88 Å². The summed E-state index contributed by atoms with van der Waals surface area (Å²) in [5.74, 6) is 0. The molecule has 0 aromatic carbocycles. The average Bonchev–Trinajstić information content (AvgIpc) is 2.59. The van der Waals surface area contributed by atoms with Gasteiger partial charge in [0.1, 0.15) is 0 Å². The molecule has 0 aliphatic carbocycles. The van der Waals surface area contributed by atoms with E-state index in [4.69, 9.17) is 0 Å². The third kappa shape index (κ3) is 2.39. The van der Waals surface area contributed by atoms with Crippen LogP contribution in [-0.4, -0.2) is 9.97 Å². The average molecular weight is 233 g/mol. The molecule has 16 heavy (non-hydrogen) atoms. The van der Waals surface area contributed by atoms with E-state index < -0.39 is 0 Å². The van der Waals surface area contributed by atoms with Crippen LogP contribution in [0.25, 0.3) is 0 Å². The van der Waals surface area contributed by atoms with Crippen molar-refractivity contribution >= 4 is 17.0 Å². The molecule has 0 fully saturated rings. The molecule has 2 heterocycles. The highest BCUT2D eigenvalue weighted by molar-refractivity contribution is 7.11. The van der Waals surface area contributed by atoms with Gasteiger partial charge in [0.25, 0.3) is 0 Å². The summed E-state index contributed by atoms with van der Waals surface area (Å²) in [7, 11) is 0. The summed E-state index contributed by atoms with van der Waals surface area (Å²) in [5, 5.41) is 4.54. The van der Waals surface area contributed by atoms with E-state index in [0.29, 0.717) is 0 Å². The van der Waals surface area contributed by atoms with Crippen LogP contribution in [0.1, 0.15) is 28.5 Å². The Morgan fingerprint density at radius 1 is 1.38 bits per heavy atom. The normalized spacial score (nSPS) is 12.4. The maximum absolute atomic E-state index is 4.44. The summed E-state index contributed by atoms with van der Waals surface area (Å²) >= 11 is 1.75. The van der Waals surface area contributed by atoms with Crippen molar-refractivity contribution in [3.63, 3.8) is 0 Å². The minimum Gasteiger partial charge on any atom is -0.376 e. The largest absolute Gasteiger partial charge is 0.376 e. The van der Waals surface area contributed by atoms with Gasteiger partial charge in [-0.05, 0) is 32.9 Å². The van der Waals surface area contributed by atoms with E-state index in [1.54, 1.807) is 17.5 Å². The SMILES string of the molecule is Cc1nc(C)c(C(C)Nc2cccnc2)s1. The molecule has 0 spiro atoms. The second kappa shape index (κ2) is 4.61. The maximum atomic E-state index is 4.44. The molecule has 2 rings (SSSR count). The molecule has 0 amide bonds. The molecule has 1 unspecified atom stereocenters. The highest BCUT2D eigenvalue weighted by atomic mass is 32.1. The van der Waals surface area contributed by atoms with E-state index in [-0.39, 0.29) is 6.04 Å². The number of rotatable bonds is 3. The quantitative estimate of drug-likeness (QED) is 0.883. The van der Waals surface area contributed by atoms with Gasteiger partial charge in [0.2, 0.25) is 0 Å². The number of aromatic nitrogens is 2. The van der Waals surface area contributed by atoms with Crippen molar-refractivity contribution in [1.82, 2.24) is 9.97 Å². The fraction of sp³-hybridized carbons (Fsp3) is 0.333. The smallest absolute Gasteiger partial charge is 0.0900 e. The first kappa shape index (κ1) is 11.1. The Kier molecular flexibility index (Phi) is 3.19. The minimum atomic E-state index is 0.274. The Labute approximate surface area is 99.6 Å². The summed E-state index contributed by atoms with van der Waals surface area (Å²) in [6.45, 7) is 6.24. The van der Waals surface area contributed by atoms with Crippen molar-refractivity contribution in [3.05, 3.63) is 40.1 Å². The Morgan fingerprint density at radius 2 is 2.19 bits per heavy atom. The highest BCUT2D eigenvalue weighted by Gasteiger charge is 2.12. The van der Waals surface area contributed by atoms with Crippen LogP contribution in [-0.2, 0) is 0 Å². The zero-order valence-corrected chi connectivity index (χ0v) is 10.5. The van der Waals surface area contributed by atoms with Crippen LogP contribution >= 0.6 is 11.3 Å². The molecule has 2 aromatic rings. The fourth-order valence-corrected chi connectivity index (χ4v) is 2.64. The highest BCUT2D eigenvalue weighted by Crippen LogP contribution is 2.26. The van der Waals surface area contributed by atoms with Crippen LogP contribution in [0.4, 0.5) is 5.69 Å². The Hall–Kier alpha value is -1.42. The van der Waals surface area contributed by atoms with Crippen molar-refractivity contribution in [2.24, 2.45) is 0 Å². The van der Waals surface area contributed by atoms with Crippen molar-refractivity contribution < 1.29 is 0 Å². The van der Waals surface area contributed by atoms with Gasteiger partial charge in [-0.15, -0.1) is 11.3 Å². The summed E-state index contributed by atoms with van der Waals surface area (Å²) in [4.78, 5) is 9.81. The van der Waals surface area contributed by atoms with Gasteiger partial charge in [-0.3, -0.25) is 4.98 Å². The molecule has 0 bridgehead atoms. The topological polar surface area (TPSA) is 37.8 Å². The molecule has 0 saturated heterocycles. The van der Waals surface area contributed by atoms with Crippen molar-refractivity contribution in [2.75, 3.05) is 5.32 Å². The molecule has 1 N–H and O–H groups in total. The number of aryl methyl sites for hydroxylation is 2. The van der Waals surface area contributed by atoms with E-state index in [9.17, 15) is 0 Å². The monoisotopic (exact) mass is 233 g/mol. The number of hydrogen-bond acceptors (Lipinski definition) is 4. The van der Waals surface area contributed by atoms with Gasteiger partial charge in [-0.2, -0.15) is 0 Å². The third-order valence-electron chi connectivity index (χ3n) is 2.38. The number of nitrogens with zero attached hydrogens (tertiary/aromatic N) is 2. The first-order chi connectivity index (χ1) is 7.66. The lowest BCUT2D eigenvalue weighted by Crippen LogP contribution is -2.06. The molecule has 0 aliphatic heterocycles. The number of anilines is 1. The van der Waals surface area contributed by atoms with Crippen molar-refractivity contribution in [3.8, 4) is 0 Å². The Balaban J connectivity index is 2.14. The lowest BCUT2D eigenvalue weighted by molar-refractivity contribution is 0.888. The molecule has 0 saturated carbocycles. The van der Waals surface area contributed by atoms with E-state index in [1.807, 2.05) is 25.3 Å². The molecule has 2 aromatic heterocycles. The van der Waals surface area contributed by atoms with E-state index in [2.05, 4.69) is 29.1 Å². The van der Waals surface area contributed by atoms with Crippen LogP contribution in [0.2, 0.25) is 0 Å². The van der Waals surface area contributed by atoms with Crippen LogP contribution in [0, 0.1) is 13.8 Å². The van der Waals surface area contributed by atoms with Crippen molar-refractivity contribution in [1.29, 1.82) is 0 Å². The van der Waals surface area contributed by atoms with Gasteiger partial charge in [-0.1, -0.05) is 0 Å². The second-order valence-corrected chi connectivity index (χ2v) is 5.03. The molecule has 0 radical (unpaired) electrons. The van der Waals surface area contributed by atoms with Crippen LogP contribution in [0.15, 0.2) is 24.5 Å². The van der Waals surface area contributed by atoms with Gasteiger partial charge in [0.15, 0.2) is 0 Å². The van der Waals surface area contributed by atoms with Gasteiger partial charge >= 0.3 is 0 Å². The second-order valence-electron chi connectivity index (χ2n) is 3.79. The number of pyridine rings is 1. The number of hydrogen-bond donors (Lipinski definition) is 1. The van der Waals surface area contributed by atoms with Gasteiger partial charge in [0.05, 0.1) is 22.4 Å². The summed E-state index contributed by atoms with van der Waals surface area (Å²) in [6.07, 6.45) is 3.61. The van der Waals surface area contributed by atoms with Gasteiger partial charge < -0.3 is 5.32 Å². The molecule has 84 valence electrons. The lowest BCUT2D eigenvalue weighted by Gasteiger charge is -2.13. The summed E-state index contributed by atoms with van der Waals surface area (Å²) < 4.78 is 0. The maximum Gasteiger partial charge on any atom is 0.0900 e. The zero-order chi connectivity index (χ0) is 11.5.